The number of aliphatic hydroxyl groups excluding tert-OH is 2. The van der Waals surface area contributed by atoms with Gasteiger partial charge in [-0.1, -0.05) is 65.5 Å². The first kappa shape index (κ1) is 23.7. The number of hydrogen-bond acceptors (Lipinski definition) is 4. The van der Waals surface area contributed by atoms with Crippen LogP contribution in [0.1, 0.15) is 92.4 Å². The Labute approximate surface area is 189 Å². The Hall–Kier alpha value is -0.420. The molecule has 0 aromatic rings. The van der Waals surface area contributed by atoms with Crippen molar-refractivity contribution in [2.24, 2.45) is 46.3 Å². The fourth-order valence-electron chi connectivity index (χ4n) is 8.80. The van der Waals surface area contributed by atoms with Gasteiger partial charge in [0.15, 0.2) is 0 Å². The minimum absolute atomic E-state index is 0.151. The summed E-state index contributed by atoms with van der Waals surface area (Å²) >= 11 is 0. The Balaban J connectivity index is 1.57. The normalized spacial score (nSPS) is 47.4. The molecule has 0 bridgehead atoms. The summed E-state index contributed by atoms with van der Waals surface area (Å²) in [7, 11) is 0. The summed E-state index contributed by atoms with van der Waals surface area (Å²) in [6, 6.07) is 0. The molecule has 0 radical (unpaired) electrons. The molecule has 0 spiro atoms. The lowest BCUT2D eigenvalue weighted by atomic mass is 9.45. The minimum atomic E-state index is -2.28. The lowest BCUT2D eigenvalue weighted by molar-refractivity contribution is -0.327. The average molecular weight is 435 g/mol. The van der Waals surface area contributed by atoms with Gasteiger partial charge in [0, 0.05) is 5.41 Å². The Bertz CT molecular complexity index is 699. The lowest BCUT2D eigenvalue weighted by Gasteiger charge is -2.62. The van der Waals surface area contributed by atoms with Gasteiger partial charge in [-0.25, -0.2) is 0 Å². The van der Waals surface area contributed by atoms with Gasteiger partial charge in [0.05, 0.1) is 6.10 Å². The fourth-order valence-corrected chi connectivity index (χ4v) is 8.80. The van der Waals surface area contributed by atoms with E-state index in [0.29, 0.717) is 23.7 Å². The molecule has 0 aliphatic heterocycles. The van der Waals surface area contributed by atoms with Crippen LogP contribution in [0.25, 0.3) is 0 Å². The maximum absolute atomic E-state index is 11.1. The van der Waals surface area contributed by atoms with Crippen LogP contribution in [0, 0.1) is 46.3 Å². The largest absolute Gasteiger partial charge is 0.390 e. The van der Waals surface area contributed by atoms with Crippen LogP contribution in [0.15, 0.2) is 11.6 Å². The molecule has 3 fully saturated rings. The van der Waals surface area contributed by atoms with Crippen LogP contribution >= 0.6 is 0 Å². The molecule has 0 aromatic heterocycles. The highest BCUT2D eigenvalue weighted by Crippen LogP contribution is 2.68. The zero-order chi connectivity index (χ0) is 22.8. The van der Waals surface area contributed by atoms with Crippen LogP contribution in [-0.2, 0) is 0 Å². The van der Waals surface area contributed by atoms with Crippen LogP contribution in [0.2, 0.25) is 0 Å². The molecule has 4 rings (SSSR count). The van der Waals surface area contributed by atoms with Gasteiger partial charge in [0.2, 0.25) is 5.79 Å². The molecule has 0 saturated heterocycles. The summed E-state index contributed by atoms with van der Waals surface area (Å²) in [6.45, 7) is 11.6. The van der Waals surface area contributed by atoms with E-state index in [9.17, 15) is 20.4 Å². The van der Waals surface area contributed by atoms with E-state index in [-0.39, 0.29) is 5.92 Å². The Morgan fingerprint density at radius 2 is 1.71 bits per heavy atom. The molecule has 0 aromatic carbocycles. The quantitative estimate of drug-likeness (QED) is 0.375. The van der Waals surface area contributed by atoms with Crippen LogP contribution in [0.3, 0.4) is 0 Å². The molecule has 0 amide bonds. The van der Waals surface area contributed by atoms with Crippen molar-refractivity contribution in [1.29, 1.82) is 0 Å². The Morgan fingerprint density at radius 1 is 1.00 bits per heavy atom. The maximum Gasteiger partial charge on any atom is 0.201 e. The molecule has 178 valence electrons. The third-order valence-electron chi connectivity index (χ3n) is 10.7. The van der Waals surface area contributed by atoms with Gasteiger partial charge in [-0.2, -0.15) is 0 Å². The van der Waals surface area contributed by atoms with E-state index < -0.39 is 23.4 Å². The molecule has 4 aliphatic carbocycles. The monoisotopic (exact) mass is 434 g/mol. The van der Waals surface area contributed by atoms with E-state index in [1.54, 1.807) is 0 Å². The zero-order valence-electron chi connectivity index (χ0n) is 20.3. The van der Waals surface area contributed by atoms with Gasteiger partial charge in [0.1, 0.15) is 6.10 Å². The first-order valence-electron chi connectivity index (χ1n) is 12.9. The van der Waals surface area contributed by atoms with Gasteiger partial charge in [-0.3, -0.25) is 0 Å². The summed E-state index contributed by atoms with van der Waals surface area (Å²) in [4.78, 5) is 0. The standard InChI is InChI=1S/C27H46O4/c1-16(2)7-6-8-17(3)20-11-12-21-19-10-9-18-15-23(28)24(29)27(30,31)26(18,5)22(19)13-14-25(20,21)4/h9,16-17,19-24,28-31H,6-8,10-15H2,1-5H3/t17-,19+,20-,21+,22+,23+,24?,25-,26+/m1/s1. The van der Waals surface area contributed by atoms with Crippen LogP contribution < -0.4 is 0 Å². The Kier molecular flexibility index (Phi) is 6.21. The smallest absolute Gasteiger partial charge is 0.201 e. The highest BCUT2D eigenvalue weighted by Gasteiger charge is 2.67. The summed E-state index contributed by atoms with van der Waals surface area (Å²) in [5.41, 5.74) is 0.397. The number of fused-ring (bicyclic) bond motifs is 5. The number of hydrogen-bond donors (Lipinski definition) is 4. The van der Waals surface area contributed by atoms with Gasteiger partial charge in [-0.15, -0.1) is 0 Å². The number of allylic oxidation sites excluding steroid dienone is 1. The zero-order valence-corrected chi connectivity index (χ0v) is 20.3. The van der Waals surface area contributed by atoms with Gasteiger partial charge in [-0.05, 0) is 79.4 Å². The molecule has 4 heteroatoms. The summed E-state index contributed by atoms with van der Waals surface area (Å²) < 4.78 is 0. The van der Waals surface area contributed by atoms with E-state index in [1.165, 1.54) is 32.1 Å². The molecule has 4 nitrogen and oxygen atoms in total. The van der Waals surface area contributed by atoms with E-state index >= 15 is 0 Å². The lowest BCUT2D eigenvalue weighted by Crippen LogP contribution is -2.68. The van der Waals surface area contributed by atoms with E-state index in [1.807, 2.05) is 6.92 Å². The molecule has 3 saturated carbocycles. The molecule has 9 atom stereocenters. The first-order chi connectivity index (χ1) is 14.4. The van der Waals surface area contributed by atoms with Crippen LogP contribution in [-0.4, -0.2) is 38.4 Å². The summed E-state index contributed by atoms with van der Waals surface area (Å²) in [6.07, 6.45) is 9.50. The van der Waals surface area contributed by atoms with Crippen molar-refractivity contribution in [3.63, 3.8) is 0 Å². The molecule has 0 heterocycles. The Morgan fingerprint density at radius 3 is 2.39 bits per heavy atom. The molecule has 31 heavy (non-hydrogen) atoms. The topological polar surface area (TPSA) is 80.9 Å². The second kappa shape index (κ2) is 8.11. The van der Waals surface area contributed by atoms with E-state index in [2.05, 4.69) is 33.8 Å². The van der Waals surface area contributed by atoms with Crippen molar-refractivity contribution in [2.45, 2.75) is 110 Å². The molecule has 4 aliphatic rings. The number of rotatable bonds is 5. The maximum atomic E-state index is 11.1. The van der Waals surface area contributed by atoms with Crippen molar-refractivity contribution >= 4 is 0 Å². The van der Waals surface area contributed by atoms with Gasteiger partial charge in [0.25, 0.3) is 0 Å². The average Bonchev–Trinajstić information content (AvgIpc) is 3.05. The van der Waals surface area contributed by atoms with Crippen molar-refractivity contribution in [3.05, 3.63) is 11.6 Å². The summed E-state index contributed by atoms with van der Waals surface area (Å²) in [5, 5.41) is 42.9. The third-order valence-corrected chi connectivity index (χ3v) is 10.7. The second-order valence-electron chi connectivity index (χ2n) is 12.5. The van der Waals surface area contributed by atoms with Crippen molar-refractivity contribution in [1.82, 2.24) is 0 Å². The highest BCUT2D eigenvalue weighted by atomic mass is 16.5. The molecule has 1 unspecified atom stereocenters. The van der Waals surface area contributed by atoms with Crippen molar-refractivity contribution < 1.29 is 20.4 Å². The second-order valence-corrected chi connectivity index (χ2v) is 12.5. The molecule has 4 N–H and O–H groups in total. The highest BCUT2D eigenvalue weighted by molar-refractivity contribution is 5.30. The molecular formula is C27H46O4. The predicted octanol–water partition coefficient (Wildman–Crippen LogP) is 4.65. The molecular weight excluding hydrogens is 388 g/mol. The van der Waals surface area contributed by atoms with Crippen LogP contribution in [0.5, 0.6) is 0 Å². The SMILES string of the molecule is CC(C)CCC[C@@H](C)[C@H]1CC[C@H]2[C@@H]3CC=C4C[C@H](O)C(O)C(O)(O)[C@]4(C)[C@H]3CC[C@]12C. The fraction of sp³-hybridized carbons (Fsp3) is 0.926. The number of aliphatic hydroxyl groups is 4. The van der Waals surface area contributed by atoms with Gasteiger partial charge < -0.3 is 20.4 Å². The third kappa shape index (κ3) is 3.47. The van der Waals surface area contributed by atoms with Crippen molar-refractivity contribution in [2.75, 3.05) is 0 Å². The predicted molar refractivity (Wildman–Crippen MR) is 123 cm³/mol. The first-order valence-corrected chi connectivity index (χ1v) is 12.9. The minimum Gasteiger partial charge on any atom is -0.390 e. The van der Waals surface area contributed by atoms with Crippen LogP contribution in [0.4, 0.5) is 0 Å². The van der Waals surface area contributed by atoms with Gasteiger partial charge >= 0.3 is 0 Å². The van der Waals surface area contributed by atoms with E-state index in [4.69, 9.17) is 0 Å². The van der Waals surface area contributed by atoms with E-state index in [0.717, 1.165) is 42.6 Å². The summed E-state index contributed by atoms with van der Waals surface area (Å²) in [5.74, 6) is 1.19. The van der Waals surface area contributed by atoms with Crippen molar-refractivity contribution in [3.8, 4) is 0 Å².